The van der Waals surface area contributed by atoms with Crippen molar-refractivity contribution in [3.8, 4) is 0 Å². The van der Waals surface area contributed by atoms with Gasteiger partial charge in [-0.3, -0.25) is 9.59 Å². The number of hydrogen-bond donors (Lipinski definition) is 2. The Bertz CT molecular complexity index is 1370. The Morgan fingerprint density at radius 2 is 1.53 bits per heavy atom. The zero-order valence-electron chi connectivity index (χ0n) is 20.9. The Kier molecular flexibility index (Phi) is 9.98. The molecule has 0 aliphatic rings. The van der Waals surface area contributed by atoms with Crippen molar-refractivity contribution in [1.82, 2.24) is 15.0 Å². The second kappa shape index (κ2) is 13.2. The van der Waals surface area contributed by atoms with Crippen molar-refractivity contribution < 1.29 is 27.5 Å². The topological polar surface area (TPSA) is 132 Å². The number of benzene rings is 2. The number of pyridine rings is 1. The van der Waals surface area contributed by atoms with Gasteiger partial charge in [0.15, 0.2) is 0 Å². The fraction of sp³-hybridized carbons (Fsp3) is 0.259. The molecule has 0 unspecified atom stereocenters. The van der Waals surface area contributed by atoms with E-state index in [1.807, 2.05) is 18.6 Å². The lowest BCUT2D eigenvalue weighted by atomic mass is 10.1. The average Bonchev–Trinajstić information content (AvgIpc) is 2.92. The van der Waals surface area contributed by atoms with E-state index in [1.165, 1.54) is 24.3 Å². The Hall–Kier alpha value is -3.76. The second-order valence-electron chi connectivity index (χ2n) is 8.37. The van der Waals surface area contributed by atoms with Gasteiger partial charge in [-0.2, -0.15) is 0 Å². The summed E-state index contributed by atoms with van der Waals surface area (Å²) in [6.07, 6.45) is 2.71. The number of carbonyl (C=O) groups excluding carboxylic acids is 3. The highest BCUT2D eigenvalue weighted by Crippen LogP contribution is 2.13. The van der Waals surface area contributed by atoms with E-state index in [2.05, 4.69) is 10.3 Å². The van der Waals surface area contributed by atoms with Crippen LogP contribution in [0.1, 0.15) is 63.5 Å². The predicted molar refractivity (Wildman–Crippen MR) is 143 cm³/mol. The highest BCUT2D eigenvalue weighted by atomic mass is 35.5. The van der Waals surface area contributed by atoms with E-state index in [-0.39, 0.29) is 28.2 Å². The summed E-state index contributed by atoms with van der Waals surface area (Å²) < 4.78 is 32.7. The second-order valence-corrected chi connectivity index (χ2v) is 10.5. The summed E-state index contributed by atoms with van der Waals surface area (Å²) in [5, 5.41) is 3.33. The molecule has 0 radical (unpaired) electrons. The molecule has 2 aromatic carbocycles. The number of hydrogen-bond acceptors (Lipinski definition) is 7. The number of nitrogens with one attached hydrogen (secondary N) is 2. The minimum Gasteiger partial charge on any atom is -0.458 e. The van der Waals surface area contributed by atoms with Crippen molar-refractivity contribution in [2.45, 2.75) is 44.1 Å². The zero-order chi connectivity index (χ0) is 27.7. The molecule has 200 valence electrons. The summed E-state index contributed by atoms with van der Waals surface area (Å²) in [6.45, 7) is 4.15. The molecule has 0 saturated heterocycles. The third kappa shape index (κ3) is 7.87. The van der Waals surface area contributed by atoms with Crippen LogP contribution in [0, 0.1) is 0 Å². The standard InChI is InChI=1S/C27H28ClN3O6S/c1-3-22(4-2)37-27(34)24-14-9-20(17-30-24)26(33)31-38(35,36)23-12-5-18(6-13-23)15-16-29-25(32)19-7-10-21(28)11-8-19/h5-14,17,22H,3-4,15-16H2,1-2H3,(H,29,32)(H,31,33). The van der Waals surface area contributed by atoms with Crippen LogP contribution < -0.4 is 10.0 Å². The third-order valence-corrected chi connectivity index (χ3v) is 7.28. The summed E-state index contributed by atoms with van der Waals surface area (Å²) >= 11 is 5.83. The van der Waals surface area contributed by atoms with Gasteiger partial charge in [-0.1, -0.05) is 37.6 Å². The van der Waals surface area contributed by atoms with Crippen molar-refractivity contribution in [2.75, 3.05) is 6.54 Å². The summed E-state index contributed by atoms with van der Waals surface area (Å²) in [7, 11) is -4.15. The molecule has 2 amide bonds. The van der Waals surface area contributed by atoms with E-state index in [4.69, 9.17) is 16.3 Å². The first-order chi connectivity index (χ1) is 18.1. The number of sulfonamides is 1. The molecule has 3 aromatic rings. The molecule has 1 aromatic heterocycles. The fourth-order valence-corrected chi connectivity index (χ4v) is 4.52. The number of aromatic nitrogens is 1. The zero-order valence-corrected chi connectivity index (χ0v) is 22.5. The van der Waals surface area contributed by atoms with E-state index in [9.17, 15) is 22.8 Å². The van der Waals surface area contributed by atoms with Gasteiger partial charge in [0.25, 0.3) is 21.8 Å². The summed E-state index contributed by atoms with van der Waals surface area (Å²) in [5.74, 6) is -1.73. The van der Waals surface area contributed by atoms with Crippen LogP contribution >= 0.6 is 11.6 Å². The van der Waals surface area contributed by atoms with E-state index in [0.29, 0.717) is 36.4 Å². The van der Waals surface area contributed by atoms with Gasteiger partial charge in [-0.05, 0) is 73.4 Å². The van der Waals surface area contributed by atoms with Crippen molar-refractivity contribution in [1.29, 1.82) is 0 Å². The van der Waals surface area contributed by atoms with Crippen molar-refractivity contribution in [3.05, 3.63) is 94.3 Å². The number of esters is 1. The molecule has 0 saturated carbocycles. The molecule has 0 atom stereocenters. The van der Waals surface area contributed by atoms with Gasteiger partial charge < -0.3 is 10.1 Å². The lowest BCUT2D eigenvalue weighted by molar-refractivity contribution is 0.0277. The first-order valence-corrected chi connectivity index (χ1v) is 13.9. The molecule has 0 aliphatic carbocycles. The number of carbonyl (C=O) groups is 3. The third-order valence-electron chi connectivity index (χ3n) is 5.69. The summed E-state index contributed by atoms with van der Waals surface area (Å²) in [4.78, 5) is 40.7. The molecule has 0 bridgehead atoms. The van der Waals surface area contributed by atoms with E-state index in [0.717, 1.165) is 11.8 Å². The van der Waals surface area contributed by atoms with Gasteiger partial charge in [0.1, 0.15) is 11.8 Å². The minimum absolute atomic E-state index is 0.0243. The van der Waals surface area contributed by atoms with Crippen molar-refractivity contribution >= 4 is 39.4 Å². The van der Waals surface area contributed by atoms with Gasteiger partial charge in [0.05, 0.1) is 10.5 Å². The molecule has 0 aliphatic heterocycles. The number of ether oxygens (including phenoxy) is 1. The van der Waals surface area contributed by atoms with Gasteiger partial charge in [-0.15, -0.1) is 0 Å². The number of nitrogens with zero attached hydrogens (tertiary/aromatic N) is 1. The highest BCUT2D eigenvalue weighted by Gasteiger charge is 2.20. The molecule has 1 heterocycles. The Morgan fingerprint density at radius 1 is 0.895 bits per heavy atom. The van der Waals surface area contributed by atoms with Crippen LogP contribution in [0.3, 0.4) is 0 Å². The fourth-order valence-electron chi connectivity index (χ4n) is 3.41. The van der Waals surface area contributed by atoms with E-state index < -0.39 is 21.9 Å². The number of halogens is 1. The first kappa shape index (κ1) is 28.8. The molecule has 9 nitrogen and oxygen atoms in total. The van der Waals surface area contributed by atoms with Crippen molar-refractivity contribution in [3.63, 3.8) is 0 Å². The molecule has 2 N–H and O–H groups in total. The van der Waals surface area contributed by atoms with Crippen molar-refractivity contribution in [2.24, 2.45) is 0 Å². The summed E-state index contributed by atoms with van der Waals surface area (Å²) in [5.41, 5.74) is 1.28. The van der Waals surface area contributed by atoms with Crippen LogP contribution in [-0.4, -0.2) is 43.8 Å². The number of rotatable bonds is 11. The van der Waals surface area contributed by atoms with Gasteiger partial charge in [-0.25, -0.2) is 22.9 Å². The van der Waals surface area contributed by atoms with Crippen LogP contribution in [0.2, 0.25) is 5.02 Å². The van der Waals surface area contributed by atoms with Gasteiger partial charge in [0, 0.05) is 23.3 Å². The van der Waals surface area contributed by atoms with Crippen LogP contribution in [-0.2, 0) is 21.2 Å². The van der Waals surface area contributed by atoms with Gasteiger partial charge >= 0.3 is 5.97 Å². The molecule has 0 spiro atoms. The molecule has 11 heteroatoms. The maximum atomic E-state index is 12.7. The quantitative estimate of drug-likeness (QED) is 0.338. The molecular weight excluding hydrogens is 530 g/mol. The van der Waals surface area contributed by atoms with Crippen LogP contribution in [0.4, 0.5) is 0 Å². The maximum Gasteiger partial charge on any atom is 0.357 e. The lowest BCUT2D eigenvalue weighted by Gasteiger charge is -2.13. The Morgan fingerprint density at radius 3 is 2.11 bits per heavy atom. The monoisotopic (exact) mass is 557 g/mol. The molecule has 3 rings (SSSR count). The molecule has 0 fully saturated rings. The Balaban J connectivity index is 1.54. The molecular formula is C27H28ClN3O6S. The highest BCUT2D eigenvalue weighted by molar-refractivity contribution is 7.90. The van der Waals surface area contributed by atoms with Crippen LogP contribution in [0.15, 0.2) is 71.8 Å². The largest absolute Gasteiger partial charge is 0.458 e. The predicted octanol–water partition coefficient (Wildman–Crippen LogP) is 4.17. The Labute approximate surface area is 226 Å². The maximum absolute atomic E-state index is 12.7. The minimum atomic E-state index is -4.15. The molecule has 38 heavy (non-hydrogen) atoms. The van der Waals surface area contributed by atoms with E-state index >= 15 is 0 Å². The van der Waals surface area contributed by atoms with Gasteiger partial charge in [0.2, 0.25) is 0 Å². The normalized spacial score (nSPS) is 11.2. The SMILES string of the molecule is CCC(CC)OC(=O)c1ccc(C(=O)NS(=O)(=O)c2ccc(CCNC(=O)c3ccc(Cl)cc3)cc2)cn1. The van der Waals surface area contributed by atoms with Crippen LogP contribution in [0.25, 0.3) is 0 Å². The lowest BCUT2D eigenvalue weighted by Crippen LogP contribution is -2.30. The summed E-state index contributed by atoms with van der Waals surface area (Å²) in [6, 6.07) is 15.1. The average molecular weight is 558 g/mol. The number of amides is 2. The van der Waals surface area contributed by atoms with Crippen LogP contribution in [0.5, 0.6) is 0 Å². The smallest absolute Gasteiger partial charge is 0.357 e. The first-order valence-electron chi connectivity index (χ1n) is 12.0. The van der Waals surface area contributed by atoms with E-state index in [1.54, 1.807) is 36.4 Å².